The van der Waals surface area contributed by atoms with E-state index in [0.717, 1.165) is 25.5 Å². The summed E-state index contributed by atoms with van der Waals surface area (Å²) < 4.78 is 72.5. The number of alkyl halides is 1. The number of anilines is 1. The predicted molar refractivity (Wildman–Crippen MR) is 200 cm³/mol. The first-order valence-electron chi connectivity index (χ1n) is 18.6. The number of carbonyl (C=O) groups excluding carboxylic acids is 2. The van der Waals surface area contributed by atoms with E-state index in [-0.39, 0.29) is 52.1 Å². The van der Waals surface area contributed by atoms with Crippen molar-refractivity contribution in [2.45, 2.75) is 82.8 Å². The molecule has 2 aromatic carbocycles. The fraction of sp³-hybridized carbons (Fsp3) is 0.475. The Balaban J connectivity index is 1.18. The minimum Gasteiger partial charge on any atom is -0.461 e. The van der Waals surface area contributed by atoms with Crippen molar-refractivity contribution >= 4 is 39.5 Å². The van der Waals surface area contributed by atoms with E-state index in [1.165, 1.54) is 24.4 Å². The minimum absolute atomic E-state index is 0.0546. The van der Waals surface area contributed by atoms with Crippen molar-refractivity contribution in [1.29, 1.82) is 0 Å². The number of nitrogens with one attached hydrogen (secondary N) is 1. The molecule has 292 valence electrons. The third-order valence-corrected chi connectivity index (χ3v) is 10.7. The van der Waals surface area contributed by atoms with Crippen molar-refractivity contribution in [1.82, 2.24) is 30.1 Å². The molecule has 4 atom stereocenters. The summed E-state index contributed by atoms with van der Waals surface area (Å²) in [5.41, 5.74) is -1.48. The number of aromatic nitrogens is 3. The zero-order valence-corrected chi connectivity index (χ0v) is 31.5. The van der Waals surface area contributed by atoms with Gasteiger partial charge in [-0.2, -0.15) is 9.97 Å². The molecule has 55 heavy (non-hydrogen) atoms. The third kappa shape index (κ3) is 7.76. The van der Waals surface area contributed by atoms with Gasteiger partial charge in [-0.15, -0.1) is 0 Å². The number of hydrogen-bond acceptors (Lipinski definition) is 9. The van der Waals surface area contributed by atoms with Gasteiger partial charge < -0.3 is 24.6 Å². The van der Waals surface area contributed by atoms with Crippen molar-refractivity contribution in [3.05, 3.63) is 66.1 Å². The van der Waals surface area contributed by atoms with E-state index in [1.807, 2.05) is 4.90 Å². The second-order valence-corrected chi connectivity index (χ2v) is 15.8. The quantitative estimate of drug-likeness (QED) is 0.147. The summed E-state index contributed by atoms with van der Waals surface area (Å²) in [5.74, 6) is -3.01. The molecule has 0 aliphatic carbocycles. The van der Waals surface area contributed by atoms with Crippen LogP contribution in [0.4, 0.5) is 28.2 Å². The van der Waals surface area contributed by atoms with E-state index >= 15 is 8.78 Å². The Morgan fingerprint density at radius 1 is 1.11 bits per heavy atom. The van der Waals surface area contributed by atoms with Crippen LogP contribution in [0.1, 0.15) is 53.4 Å². The minimum atomic E-state index is -1.12. The van der Waals surface area contributed by atoms with Crippen LogP contribution in [0.25, 0.3) is 32.9 Å². The monoisotopic (exact) mass is 763 g/mol. The largest absolute Gasteiger partial charge is 0.461 e. The highest BCUT2D eigenvalue weighted by Crippen LogP contribution is 2.41. The van der Waals surface area contributed by atoms with Gasteiger partial charge in [-0.05, 0) is 65.0 Å². The zero-order valence-electron chi connectivity index (χ0n) is 31.5. The number of likely N-dealkylation sites (tertiary alicyclic amines) is 1. The van der Waals surface area contributed by atoms with Gasteiger partial charge in [0.2, 0.25) is 5.91 Å². The number of nitrogens with zero attached hydrogens (tertiary/aromatic N) is 6. The molecule has 15 heteroatoms. The summed E-state index contributed by atoms with van der Waals surface area (Å²) >= 11 is 0. The number of likely N-dealkylation sites (N-methyl/N-ethyl adjacent to an activating group) is 1. The van der Waals surface area contributed by atoms with Gasteiger partial charge in [0.25, 0.3) is 0 Å². The fourth-order valence-electron chi connectivity index (χ4n) is 8.00. The molecule has 3 fully saturated rings. The highest BCUT2D eigenvalue weighted by atomic mass is 19.2. The fourth-order valence-corrected chi connectivity index (χ4v) is 8.00. The van der Waals surface area contributed by atoms with Gasteiger partial charge in [0.05, 0.1) is 10.9 Å². The molecule has 0 unspecified atom stereocenters. The molecule has 2 aromatic heterocycles. The molecule has 0 saturated carbocycles. The Hall–Kier alpha value is -5.05. The van der Waals surface area contributed by atoms with Gasteiger partial charge in [-0.25, -0.2) is 22.4 Å². The van der Waals surface area contributed by atoms with E-state index in [2.05, 4.69) is 20.2 Å². The summed E-state index contributed by atoms with van der Waals surface area (Å²) in [5, 5.41) is 3.19. The maximum atomic E-state index is 16.8. The number of fused-ring (bicyclic) bond motifs is 3. The molecule has 3 aliphatic heterocycles. The van der Waals surface area contributed by atoms with Crippen LogP contribution in [0.3, 0.4) is 0 Å². The lowest BCUT2D eigenvalue weighted by molar-refractivity contribution is -0.125. The lowest BCUT2D eigenvalue weighted by Gasteiger charge is -2.31. The molecule has 0 spiro atoms. The number of rotatable bonds is 9. The summed E-state index contributed by atoms with van der Waals surface area (Å²) in [6.07, 6.45) is 5.36. The number of carbonyl (C=O) groups is 2. The molecule has 1 N–H and O–H groups in total. The SMILES string of the molecule is C[C@@H](/C=C/C(=O)N1CC[C@@H](N(C)c2nc(OC[C@@]34CCCN3C[C@H](F)C4)nc3c(F)c(-c4cccc5ccc(F)c(F)c45)ncc23)C1)NC(=O)OC(C)(C)C. The zero-order chi connectivity index (χ0) is 39.2. The third-order valence-electron chi connectivity index (χ3n) is 10.7. The van der Waals surface area contributed by atoms with Crippen LogP contribution < -0.4 is 15.0 Å². The van der Waals surface area contributed by atoms with Crippen LogP contribution in [-0.4, -0.2) is 106 Å². The summed E-state index contributed by atoms with van der Waals surface area (Å²) in [6.45, 7) is 8.96. The van der Waals surface area contributed by atoms with Crippen molar-refractivity contribution in [2.75, 3.05) is 44.7 Å². The molecule has 0 bridgehead atoms. The van der Waals surface area contributed by atoms with E-state index in [9.17, 15) is 18.4 Å². The number of amides is 2. The maximum Gasteiger partial charge on any atom is 0.408 e. The highest BCUT2D eigenvalue weighted by Gasteiger charge is 2.49. The predicted octanol–water partition coefficient (Wildman–Crippen LogP) is 6.72. The molecule has 5 heterocycles. The summed E-state index contributed by atoms with van der Waals surface area (Å²) in [6, 6.07) is 6.30. The lowest BCUT2D eigenvalue weighted by atomic mass is 9.95. The molecular weight excluding hydrogens is 718 g/mol. The Bertz CT molecular complexity index is 2160. The number of pyridine rings is 1. The standard InChI is InChI=1S/C40H45F4N7O4/c1-23(46-38(53)55-39(2,3)4)10-13-30(52)50-17-14-26(21-50)49(5)36-28-19-45-34(27-9-6-8-24-11-12-29(42)32(43)31(24)27)33(44)35(28)47-37(48-36)54-22-40-15-7-16-51(40)20-25(41)18-40/h6,8-13,19,23,25-26H,7,14-18,20-22H2,1-5H3,(H,46,53)/b13-10+/t23-,25+,26+,40-/m0/s1. The highest BCUT2D eigenvalue weighted by molar-refractivity contribution is 5.99. The molecule has 11 nitrogen and oxygen atoms in total. The molecule has 0 radical (unpaired) electrons. The van der Waals surface area contributed by atoms with E-state index in [4.69, 9.17) is 14.5 Å². The van der Waals surface area contributed by atoms with Crippen LogP contribution in [0.5, 0.6) is 6.01 Å². The smallest absolute Gasteiger partial charge is 0.408 e. The summed E-state index contributed by atoms with van der Waals surface area (Å²) in [4.78, 5) is 44.6. The van der Waals surface area contributed by atoms with Gasteiger partial charge >= 0.3 is 12.1 Å². The first-order valence-corrected chi connectivity index (χ1v) is 18.6. The lowest BCUT2D eigenvalue weighted by Crippen LogP contribution is -2.43. The Kier molecular flexibility index (Phi) is 10.3. The van der Waals surface area contributed by atoms with Crippen LogP contribution in [0.2, 0.25) is 0 Å². The van der Waals surface area contributed by atoms with Crippen molar-refractivity contribution in [2.24, 2.45) is 0 Å². The first-order chi connectivity index (χ1) is 26.1. The van der Waals surface area contributed by atoms with Crippen molar-refractivity contribution in [3.8, 4) is 17.3 Å². The van der Waals surface area contributed by atoms with Crippen LogP contribution in [-0.2, 0) is 9.53 Å². The van der Waals surface area contributed by atoms with E-state index in [0.29, 0.717) is 43.7 Å². The number of halogens is 4. The van der Waals surface area contributed by atoms with Crippen molar-refractivity contribution in [3.63, 3.8) is 0 Å². The molecule has 2 amide bonds. The van der Waals surface area contributed by atoms with Crippen LogP contribution in [0.15, 0.2) is 48.7 Å². The van der Waals surface area contributed by atoms with E-state index in [1.54, 1.807) is 57.9 Å². The van der Waals surface area contributed by atoms with Crippen molar-refractivity contribution < 1.29 is 36.6 Å². The molecule has 7 rings (SSSR count). The van der Waals surface area contributed by atoms with Crippen LogP contribution >= 0.6 is 0 Å². The molecule has 3 saturated heterocycles. The second kappa shape index (κ2) is 14.9. The Morgan fingerprint density at radius 2 is 1.91 bits per heavy atom. The normalized spacial score (nSPS) is 22.1. The molecule has 3 aliphatic rings. The number of ether oxygens (including phenoxy) is 2. The number of hydrogen-bond donors (Lipinski definition) is 1. The average molecular weight is 764 g/mol. The van der Waals surface area contributed by atoms with Gasteiger partial charge in [0.1, 0.15) is 35.4 Å². The Morgan fingerprint density at radius 3 is 2.69 bits per heavy atom. The molecular formula is C40H45F4N7O4. The Labute approximate surface area is 316 Å². The van der Waals surface area contributed by atoms with Gasteiger partial charge in [-0.3, -0.25) is 14.7 Å². The number of alkyl carbamates (subject to hydrolysis) is 1. The maximum absolute atomic E-state index is 16.8. The first kappa shape index (κ1) is 38.2. The van der Waals surface area contributed by atoms with Gasteiger partial charge in [0, 0.05) is 68.4 Å². The van der Waals surface area contributed by atoms with Gasteiger partial charge in [-0.1, -0.05) is 30.3 Å². The summed E-state index contributed by atoms with van der Waals surface area (Å²) in [7, 11) is 1.78. The van der Waals surface area contributed by atoms with Gasteiger partial charge in [0.15, 0.2) is 17.5 Å². The average Bonchev–Trinajstić information content (AvgIpc) is 3.85. The topological polar surface area (TPSA) is 113 Å². The van der Waals surface area contributed by atoms with Crippen LogP contribution in [0, 0.1) is 17.5 Å². The molecule has 4 aromatic rings. The number of benzene rings is 2. The van der Waals surface area contributed by atoms with E-state index < -0.39 is 46.9 Å². The second-order valence-electron chi connectivity index (χ2n) is 15.8.